The van der Waals surface area contributed by atoms with Crippen molar-refractivity contribution in [1.29, 1.82) is 0 Å². The van der Waals surface area contributed by atoms with E-state index in [2.05, 4.69) is 5.10 Å². The Labute approximate surface area is 128 Å². The summed E-state index contributed by atoms with van der Waals surface area (Å²) in [5.74, 6) is 0.709. The smallest absolute Gasteiger partial charge is 0.152 e. The van der Waals surface area contributed by atoms with E-state index >= 15 is 0 Å². The van der Waals surface area contributed by atoms with Gasteiger partial charge in [0.1, 0.15) is 5.82 Å². The summed E-state index contributed by atoms with van der Waals surface area (Å²) in [6.07, 6.45) is 0.524. The van der Waals surface area contributed by atoms with Crippen LogP contribution in [0.15, 0.2) is 30.3 Å². The minimum absolute atomic E-state index is 0.0703. The largest absolute Gasteiger partial charge is 0.384 e. The van der Waals surface area contributed by atoms with Crippen LogP contribution in [0.2, 0.25) is 5.02 Å². The number of anilines is 1. The fraction of sp³-hybridized carbons (Fsp3) is 0.357. The van der Waals surface area contributed by atoms with E-state index < -0.39 is 15.4 Å². The van der Waals surface area contributed by atoms with Gasteiger partial charge in [0.15, 0.2) is 9.84 Å². The van der Waals surface area contributed by atoms with E-state index in [9.17, 15) is 8.42 Å². The summed E-state index contributed by atoms with van der Waals surface area (Å²) in [7, 11) is -3.02. The molecule has 5 nitrogen and oxygen atoms in total. The summed E-state index contributed by atoms with van der Waals surface area (Å²) in [4.78, 5) is 0. The van der Waals surface area contributed by atoms with E-state index in [1.54, 1.807) is 22.9 Å². The normalized spacial score (nSPS) is 24.3. The summed E-state index contributed by atoms with van der Waals surface area (Å²) in [6.45, 7) is 1.88. The zero-order chi connectivity index (χ0) is 15.3. The zero-order valence-electron chi connectivity index (χ0n) is 11.6. The molecule has 2 N–H and O–H groups in total. The van der Waals surface area contributed by atoms with Gasteiger partial charge in [-0.25, -0.2) is 13.1 Å². The number of halogens is 1. The van der Waals surface area contributed by atoms with Crippen molar-refractivity contribution in [1.82, 2.24) is 9.78 Å². The number of benzene rings is 1. The third kappa shape index (κ3) is 2.65. The van der Waals surface area contributed by atoms with Gasteiger partial charge in [0.05, 0.1) is 22.7 Å². The number of aromatic nitrogens is 2. The lowest BCUT2D eigenvalue weighted by Gasteiger charge is -2.24. The Hall–Kier alpha value is -1.53. The van der Waals surface area contributed by atoms with Crippen molar-refractivity contribution in [3.63, 3.8) is 0 Å². The van der Waals surface area contributed by atoms with Crippen LogP contribution in [0.5, 0.6) is 0 Å². The number of sulfone groups is 1. The van der Waals surface area contributed by atoms with Crippen LogP contribution in [0.4, 0.5) is 5.82 Å². The predicted octanol–water partition coefficient (Wildman–Crippen LogP) is 2.32. The first kappa shape index (κ1) is 14.4. The summed E-state index contributed by atoms with van der Waals surface area (Å²) in [5.41, 5.74) is 7.01. The van der Waals surface area contributed by atoms with Crippen LogP contribution in [-0.4, -0.2) is 29.7 Å². The highest BCUT2D eigenvalue weighted by Gasteiger charge is 2.41. The zero-order valence-corrected chi connectivity index (χ0v) is 13.2. The van der Waals surface area contributed by atoms with E-state index in [1.807, 2.05) is 19.1 Å². The molecule has 0 aliphatic carbocycles. The lowest BCUT2D eigenvalue weighted by atomic mass is 10.0. The van der Waals surface area contributed by atoms with Gasteiger partial charge in [0, 0.05) is 16.7 Å². The van der Waals surface area contributed by atoms with Crippen molar-refractivity contribution < 1.29 is 8.42 Å². The number of hydrogen-bond acceptors (Lipinski definition) is 4. The van der Waals surface area contributed by atoms with E-state index in [4.69, 9.17) is 17.3 Å². The quantitative estimate of drug-likeness (QED) is 0.919. The molecular formula is C14H16ClN3O2S. The van der Waals surface area contributed by atoms with Gasteiger partial charge in [-0.05, 0) is 25.5 Å². The van der Waals surface area contributed by atoms with Crippen LogP contribution < -0.4 is 5.73 Å². The number of nitrogens with zero attached hydrogens (tertiary/aromatic N) is 2. The van der Waals surface area contributed by atoms with Crippen molar-refractivity contribution in [2.45, 2.75) is 18.9 Å². The van der Waals surface area contributed by atoms with E-state index in [0.717, 1.165) is 5.56 Å². The first-order chi connectivity index (χ1) is 9.79. The molecule has 1 atom stereocenters. The Kier molecular flexibility index (Phi) is 3.26. The minimum Gasteiger partial charge on any atom is -0.384 e. The van der Waals surface area contributed by atoms with E-state index in [-0.39, 0.29) is 11.5 Å². The maximum Gasteiger partial charge on any atom is 0.152 e. The first-order valence-corrected chi connectivity index (χ1v) is 8.81. The average Bonchev–Trinajstić information content (AvgIpc) is 2.91. The number of rotatable bonds is 2. The third-order valence-electron chi connectivity index (χ3n) is 3.85. The SMILES string of the molecule is CC1(n2nc(-c3cccc(Cl)c3)cc2N)CCS(=O)(=O)C1. The Morgan fingerprint density at radius 1 is 1.38 bits per heavy atom. The molecule has 1 aromatic carbocycles. The standard InChI is InChI=1S/C14H16ClN3O2S/c1-14(5-6-21(19,20)9-14)18-13(16)8-12(17-18)10-3-2-4-11(15)7-10/h2-4,7-8H,5-6,9,16H2,1H3. The van der Waals surface area contributed by atoms with Crippen molar-refractivity contribution >= 4 is 27.3 Å². The van der Waals surface area contributed by atoms with Gasteiger partial charge in [-0.15, -0.1) is 0 Å². The Balaban J connectivity index is 2.03. The van der Waals surface area contributed by atoms with Crippen molar-refractivity contribution in [2.24, 2.45) is 0 Å². The molecule has 0 bridgehead atoms. The van der Waals surface area contributed by atoms with Crippen LogP contribution in [0, 0.1) is 0 Å². The fourth-order valence-electron chi connectivity index (χ4n) is 2.78. The third-order valence-corrected chi connectivity index (χ3v) is 5.97. The molecule has 1 saturated heterocycles. The van der Waals surface area contributed by atoms with Crippen LogP contribution in [-0.2, 0) is 15.4 Å². The lowest BCUT2D eigenvalue weighted by molar-refractivity contribution is 0.335. The van der Waals surface area contributed by atoms with E-state index in [1.165, 1.54) is 0 Å². The van der Waals surface area contributed by atoms with Crippen LogP contribution >= 0.6 is 11.6 Å². The molecule has 1 unspecified atom stereocenters. The molecule has 0 saturated carbocycles. The van der Waals surface area contributed by atoms with Gasteiger partial charge in [-0.3, -0.25) is 0 Å². The molecule has 0 spiro atoms. The van der Waals surface area contributed by atoms with Crippen molar-refractivity contribution in [3.8, 4) is 11.3 Å². The second kappa shape index (κ2) is 4.74. The maximum absolute atomic E-state index is 11.8. The lowest BCUT2D eigenvalue weighted by Crippen LogP contribution is -2.33. The van der Waals surface area contributed by atoms with Gasteiger partial charge in [-0.1, -0.05) is 23.7 Å². The van der Waals surface area contributed by atoms with Gasteiger partial charge in [0.2, 0.25) is 0 Å². The highest BCUT2D eigenvalue weighted by atomic mass is 35.5. The molecule has 2 heterocycles. The van der Waals surface area contributed by atoms with Crippen LogP contribution in [0.3, 0.4) is 0 Å². The topological polar surface area (TPSA) is 78.0 Å². The molecule has 0 radical (unpaired) electrons. The molecule has 2 aromatic rings. The number of nitrogens with two attached hydrogens (primary N) is 1. The minimum atomic E-state index is -3.02. The van der Waals surface area contributed by atoms with E-state index in [0.29, 0.717) is 23.0 Å². The average molecular weight is 326 g/mol. The Bertz CT molecular complexity index is 800. The summed E-state index contributed by atoms with van der Waals surface area (Å²) < 4.78 is 25.1. The van der Waals surface area contributed by atoms with Gasteiger partial charge >= 0.3 is 0 Å². The number of hydrogen-bond donors (Lipinski definition) is 1. The molecule has 1 aliphatic rings. The molecule has 1 fully saturated rings. The number of nitrogen functional groups attached to an aromatic ring is 1. The monoisotopic (exact) mass is 325 g/mol. The summed E-state index contributed by atoms with van der Waals surface area (Å²) in [6, 6.07) is 9.08. The van der Waals surface area contributed by atoms with Crippen molar-refractivity contribution in [3.05, 3.63) is 35.4 Å². The molecule has 21 heavy (non-hydrogen) atoms. The van der Waals surface area contributed by atoms with Gasteiger partial charge in [-0.2, -0.15) is 5.10 Å². The Morgan fingerprint density at radius 3 is 2.76 bits per heavy atom. The molecular weight excluding hydrogens is 310 g/mol. The summed E-state index contributed by atoms with van der Waals surface area (Å²) in [5, 5.41) is 5.13. The predicted molar refractivity (Wildman–Crippen MR) is 84.0 cm³/mol. The first-order valence-electron chi connectivity index (χ1n) is 6.61. The van der Waals surface area contributed by atoms with Crippen molar-refractivity contribution in [2.75, 3.05) is 17.2 Å². The second-order valence-electron chi connectivity index (χ2n) is 5.72. The highest BCUT2D eigenvalue weighted by Crippen LogP contribution is 2.34. The highest BCUT2D eigenvalue weighted by molar-refractivity contribution is 7.91. The maximum atomic E-state index is 11.8. The Morgan fingerprint density at radius 2 is 2.14 bits per heavy atom. The fourth-order valence-corrected chi connectivity index (χ4v) is 5.08. The molecule has 7 heteroatoms. The van der Waals surface area contributed by atoms with Crippen LogP contribution in [0.25, 0.3) is 11.3 Å². The molecule has 3 rings (SSSR count). The second-order valence-corrected chi connectivity index (χ2v) is 8.34. The van der Waals surface area contributed by atoms with Crippen LogP contribution in [0.1, 0.15) is 13.3 Å². The van der Waals surface area contributed by atoms with Gasteiger partial charge < -0.3 is 5.73 Å². The molecule has 1 aliphatic heterocycles. The summed E-state index contributed by atoms with van der Waals surface area (Å²) >= 11 is 5.99. The molecule has 112 valence electrons. The molecule has 0 amide bonds. The van der Waals surface area contributed by atoms with Gasteiger partial charge in [0.25, 0.3) is 0 Å². The molecule has 1 aromatic heterocycles.